The summed E-state index contributed by atoms with van der Waals surface area (Å²) in [5.41, 5.74) is 1.57. The molecule has 34 heavy (non-hydrogen) atoms. The molecule has 3 atom stereocenters. The first-order valence-corrected chi connectivity index (χ1v) is 12.6. The van der Waals surface area contributed by atoms with Gasteiger partial charge in [-0.15, -0.1) is 0 Å². The van der Waals surface area contributed by atoms with Gasteiger partial charge in [-0.1, -0.05) is 6.92 Å². The summed E-state index contributed by atoms with van der Waals surface area (Å²) < 4.78 is 23.0. The van der Waals surface area contributed by atoms with Gasteiger partial charge >= 0.3 is 5.97 Å². The van der Waals surface area contributed by atoms with Crippen LogP contribution < -0.4 is 10.3 Å². The molecule has 2 unspecified atom stereocenters. The Morgan fingerprint density at radius 3 is 2.71 bits per heavy atom. The molecule has 0 bridgehead atoms. The molecule has 3 aliphatic rings. The zero-order chi connectivity index (χ0) is 24.0. The number of carbonyl (C=O) groups is 1. The number of halogens is 1. The average molecular weight is 472 g/mol. The third kappa shape index (κ3) is 4.11. The Morgan fingerprint density at radius 2 is 1.97 bits per heavy atom. The summed E-state index contributed by atoms with van der Waals surface area (Å²) in [5, 5.41) is 10.4. The molecule has 8 heteroatoms. The Labute approximate surface area is 199 Å². The lowest BCUT2D eigenvalue weighted by atomic mass is 9.91. The van der Waals surface area contributed by atoms with E-state index in [1.165, 1.54) is 6.07 Å². The maximum atomic E-state index is 15.5. The van der Waals surface area contributed by atoms with Crippen molar-refractivity contribution in [1.29, 1.82) is 0 Å². The maximum absolute atomic E-state index is 15.5. The summed E-state index contributed by atoms with van der Waals surface area (Å²) in [6.45, 7) is 8.09. The van der Waals surface area contributed by atoms with E-state index in [0.717, 1.165) is 37.9 Å². The van der Waals surface area contributed by atoms with E-state index in [4.69, 9.17) is 4.74 Å². The van der Waals surface area contributed by atoms with Crippen molar-refractivity contribution in [3.05, 3.63) is 39.4 Å². The van der Waals surface area contributed by atoms with Crippen LogP contribution in [0.4, 0.5) is 10.1 Å². The summed E-state index contributed by atoms with van der Waals surface area (Å²) >= 11 is 0. The SMILES string of the molecule is CC1CN(c2c(F)cc3c(=O)c(C(=O)OCCN4CCCC4)cn4c3c2CC[C@@H]4C)CCC1O. The molecular weight excluding hydrogens is 437 g/mol. The third-order valence-corrected chi connectivity index (χ3v) is 7.86. The molecule has 1 aromatic carbocycles. The number of nitrogens with zero attached hydrogens (tertiary/aromatic N) is 3. The second kappa shape index (κ2) is 9.30. The van der Waals surface area contributed by atoms with Crippen molar-refractivity contribution >= 4 is 22.6 Å². The van der Waals surface area contributed by atoms with Crippen LogP contribution in [-0.2, 0) is 11.2 Å². The van der Waals surface area contributed by atoms with Crippen LogP contribution in [0.3, 0.4) is 0 Å². The highest BCUT2D eigenvalue weighted by atomic mass is 19.1. The molecule has 0 spiro atoms. The fraction of sp³-hybridized carbons (Fsp3) is 0.615. The van der Waals surface area contributed by atoms with E-state index in [2.05, 4.69) is 11.8 Å². The van der Waals surface area contributed by atoms with Crippen molar-refractivity contribution < 1.29 is 19.0 Å². The van der Waals surface area contributed by atoms with Gasteiger partial charge in [-0.25, -0.2) is 9.18 Å². The van der Waals surface area contributed by atoms with Crippen LogP contribution in [0.15, 0.2) is 17.1 Å². The number of aryl methyl sites for hydroxylation is 1. The van der Waals surface area contributed by atoms with Gasteiger partial charge in [0.2, 0.25) is 5.43 Å². The van der Waals surface area contributed by atoms with Gasteiger partial charge < -0.3 is 19.3 Å². The number of benzene rings is 1. The number of aromatic nitrogens is 1. The minimum atomic E-state index is -0.641. The third-order valence-electron chi connectivity index (χ3n) is 7.86. The largest absolute Gasteiger partial charge is 0.461 e. The van der Waals surface area contributed by atoms with Gasteiger partial charge in [0.05, 0.1) is 17.3 Å². The molecular formula is C26H34FN3O4. The molecule has 1 aromatic heterocycles. The molecule has 0 radical (unpaired) electrons. The van der Waals surface area contributed by atoms with E-state index >= 15 is 4.39 Å². The monoisotopic (exact) mass is 471 g/mol. The van der Waals surface area contributed by atoms with E-state index in [1.54, 1.807) is 6.20 Å². The molecule has 3 aliphatic heterocycles. The standard InChI is InChI=1S/C26H34FN3O4/c1-16-14-29(10-7-22(16)31)24-18-6-5-17(2)30-15-20(25(32)19(23(18)30)13-21(24)27)26(33)34-12-11-28-8-3-4-9-28/h13,15-17,22,31H,3-12,14H2,1-2H3/t16?,17-,22?/m0/s1. The second-order valence-corrected chi connectivity index (χ2v) is 10.2. The van der Waals surface area contributed by atoms with Gasteiger partial charge in [-0.3, -0.25) is 9.69 Å². The molecule has 5 rings (SSSR count). The number of carbonyl (C=O) groups excluding carboxylic acids is 1. The van der Waals surface area contributed by atoms with Crippen LogP contribution in [0.2, 0.25) is 0 Å². The lowest BCUT2D eigenvalue weighted by Crippen LogP contribution is -2.43. The molecule has 0 saturated carbocycles. The first-order valence-electron chi connectivity index (χ1n) is 12.6. The number of hydrogen-bond acceptors (Lipinski definition) is 6. The molecule has 2 aromatic rings. The number of likely N-dealkylation sites (tertiary alicyclic amines) is 1. The number of piperidine rings is 1. The van der Waals surface area contributed by atoms with Gasteiger partial charge in [0.15, 0.2) is 0 Å². The Bertz CT molecular complexity index is 1160. The van der Waals surface area contributed by atoms with Crippen molar-refractivity contribution in [2.24, 2.45) is 5.92 Å². The fourth-order valence-electron chi connectivity index (χ4n) is 5.81. The van der Waals surface area contributed by atoms with Crippen LogP contribution >= 0.6 is 0 Å². The lowest BCUT2D eigenvalue weighted by Gasteiger charge is -2.38. The van der Waals surface area contributed by atoms with Crippen LogP contribution in [-0.4, -0.2) is 66.0 Å². The molecule has 0 aliphatic carbocycles. The smallest absolute Gasteiger partial charge is 0.343 e. The number of hydrogen-bond donors (Lipinski definition) is 1. The predicted octanol–water partition coefficient (Wildman–Crippen LogP) is 3.11. The Kier molecular flexibility index (Phi) is 6.37. The fourth-order valence-corrected chi connectivity index (χ4v) is 5.81. The van der Waals surface area contributed by atoms with E-state index < -0.39 is 17.2 Å². The molecule has 0 amide bonds. The molecule has 184 valence electrons. The van der Waals surface area contributed by atoms with Crippen LogP contribution in [0.1, 0.15) is 61.5 Å². The van der Waals surface area contributed by atoms with Gasteiger partial charge in [-0.2, -0.15) is 0 Å². The summed E-state index contributed by atoms with van der Waals surface area (Å²) in [6, 6.07) is 1.37. The van der Waals surface area contributed by atoms with Crippen LogP contribution in [0.25, 0.3) is 10.9 Å². The highest BCUT2D eigenvalue weighted by Gasteiger charge is 2.32. The number of ether oxygens (including phenoxy) is 1. The second-order valence-electron chi connectivity index (χ2n) is 10.2. The topological polar surface area (TPSA) is 75.0 Å². The van der Waals surface area contributed by atoms with E-state index in [0.29, 0.717) is 43.7 Å². The van der Waals surface area contributed by atoms with Crippen molar-refractivity contribution in [2.75, 3.05) is 44.2 Å². The highest BCUT2D eigenvalue weighted by molar-refractivity contribution is 5.96. The zero-order valence-corrected chi connectivity index (χ0v) is 20.1. The number of pyridine rings is 1. The summed E-state index contributed by atoms with van der Waals surface area (Å²) in [4.78, 5) is 30.4. The average Bonchev–Trinajstić information content (AvgIpc) is 3.33. The molecule has 4 heterocycles. The minimum absolute atomic E-state index is 0.0320. The van der Waals surface area contributed by atoms with Gasteiger partial charge in [0.1, 0.15) is 18.0 Å². The number of aliphatic hydroxyl groups excluding tert-OH is 1. The van der Waals surface area contributed by atoms with E-state index in [1.807, 2.05) is 16.4 Å². The summed E-state index contributed by atoms with van der Waals surface area (Å²) in [6.07, 6.45) is 5.59. The number of anilines is 1. The minimum Gasteiger partial charge on any atom is -0.461 e. The number of aliphatic hydroxyl groups is 1. The highest BCUT2D eigenvalue weighted by Crippen LogP contribution is 2.39. The van der Waals surface area contributed by atoms with Crippen molar-refractivity contribution in [1.82, 2.24) is 9.47 Å². The summed E-state index contributed by atoms with van der Waals surface area (Å²) in [7, 11) is 0. The van der Waals surface area contributed by atoms with Crippen molar-refractivity contribution in [2.45, 2.75) is 58.1 Å². The lowest BCUT2D eigenvalue weighted by molar-refractivity contribution is 0.0470. The Hall–Kier alpha value is -2.45. The quantitative estimate of drug-likeness (QED) is 0.676. The van der Waals surface area contributed by atoms with Crippen molar-refractivity contribution in [3.8, 4) is 0 Å². The van der Waals surface area contributed by atoms with Crippen molar-refractivity contribution in [3.63, 3.8) is 0 Å². The molecule has 2 saturated heterocycles. The zero-order valence-electron chi connectivity index (χ0n) is 20.1. The molecule has 1 N–H and O–H groups in total. The maximum Gasteiger partial charge on any atom is 0.343 e. The normalized spacial score (nSPS) is 25.2. The molecule has 2 fully saturated rings. The molecule has 7 nitrogen and oxygen atoms in total. The van der Waals surface area contributed by atoms with Gasteiger partial charge in [-0.05, 0) is 64.1 Å². The Balaban J connectivity index is 1.51. The van der Waals surface area contributed by atoms with E-state index in [-0.39, 0.29) is 35.6 Å². The van der Waals surface area contributed by atoms with Gasteiger partial charge in [0, 0.05) is 42.8 Å². The van der Waals surface area contributed by atoms with Gasteiger partial charge in [0.25, 0.3) is 0 Å². The van der Waals surface area contributed by atoms with Crippen LogP contribution in [0.5, 0.6) is 0 Å². The number of rotatable bonds is 5. The number of esters is 1. The first-order chi connectivity index (χ1) is 16.3. The first kappa shape index (κ1) is 23.3. The van der Waals surface area contributed by atoms with E-state index in [9.17, 15) is 14.7 Å². The summed E-state index contributed by atoms with van der Waals surface area (Å²) in [5.74, 6) is -1.04. The predicted molar refractivity (Wildman–Crippen MR) is 129 cm³/mol. The van der Waals surface area contributed by atoms with Crippen LogP contribution in [0, 0.1) is 11.7 Å². The Morgan fingerprint density at radius 1 is 1.21 bits per heavy atom.